The van der Waals surface area contributed by atoms with Crippen molar-refractivity contribution in [3.8, 4) is 0 Å². The molecule has 0 unspecified atom stereocenters. The van der Waals surface area contributed by atoms with Gasteiger partial charge >= 0.3 is 0 Å². The molecule has 1 heterocycles. The molecular weight excluding hydrogens is 342 g/mol. The number of carbonyl (C=O) groups is 3. The summed E-state index contributed by atoms with van der Waals surface area (Å²) in [4.78, 5) is 40.1. The van der Waals surface area contributed by atoms with Gasteiger partial charge in [0.05, 0.1) is 11.1 Å². The van der Waals surface area contributed by atoms with Crippen LogP contribution in [0.2, 0.25) is 0 Å². The van der Waals surface area contributed by atoms with E-state index in [1.807, 2.05) is 38.4 Å². The minimum Gasteiger partial charge on any atom is -0.352 e. The number of carbonyl (C=O) groups excluding carboxylic acids is 3. The van der Waals surface area contributed by atoms with Crippen LogP contribution in [0.4, 0.5) is 0 Å². The second-order valence-corrected chi connectivity index (χ2v) is 6.84. The summed E-state index contributed by atoms with van der Waals surface area (Å²) in [5.41, 5.74) is 3.02. The molecule has 1 N–H and O–H groups in total. The molecule has 0 atom stereocenters. The summed E-state index contributed by atoms with van der Waals surface area (Å²) in [5, 5.41) is 2.88. The monoisotopic (exact) mass is 365 g/mol. The van der Waals surface area contributed by atoms with Crippen molar-refractivity contribution in [1.29, 1.82) is 0 Å². The Hall–Kier alpha value is -2.99. The topological polar surface area (TPSA) is 69.7 Å². The summed E-state index contributed by atoms with van der Waals surface area (Å²) in [6.45, 7) is 1.30. The summed E-state index contributed by atoms with van der Waals surface area (Å²) in [5.74, 6) is -0.856. The Kier molecular flexibility index (Phi) is 5.66. The molecule has 6 heteroatoms. The Morgan fingerprint density at radius 2 is 1.48 bits per heavy atom. The maximum atomic E-state index is 12.3. The summed E-state index contributed by atoms with van der Waals surface area (Å²) in [6.07, 6.45) is 0.0846. The van der Waals surface area contributed by atoms with E-state index in [1.165, 1.54) is 0 Å². The summed E-state index contributed by atoms with van der Waals surface area (Å²) in [7, 11) is 3.99. The van der Waals surface area contributed by atoms with Gasteiger partial charge in [0.15, 0.2) is 0 Å². The van der Waals surface area contributed by atoms with Gasteiger partial charge < -0.3 is 10.2 Å². The zero-order chi connectivity index (χ0) is 19.4. The predicted molar refractivity (Wildman–Crippen MR) is 102 cm³/mol. The zero-order valence-electron chi connectivity index (χ0n) is 15.6. The van der Waals surface area contributed by atoms with E-state index in [0.29, 0.717) is 17.7 Å². The fourth-order valence-electron chi connectivity index (χ4n) is 3.16. The van der Waals surface area contributed by atoms with E-state index >= 15 is 0 Å². The molecular formula is C21H23N3O3. The highest BCUT2D eigenvalue weighted by atomic mass is 16.2. The lowest BCUT2D eigenvalue weighted by atomic mass is 10.1. The molecule has 0 bridgehead atoms. The fourth-order valence-corrected chi connectivity index (χ4v) is 3.16. The predicted octanol–water partition coefficient (Wildman–Crippen LogP) is 2.05. The van der Waals surface area contributed by atoms with Gasteiger partial charge in [0.2, 0.25) is 5.91 Å². The Balaban J connectivity index is 1.54. The minimum atomic E-state index is -0.334. The molecule has 0 spiro atoms. The second kappa shape index (κ2) is 8.14. The second-order valence-electron chi connectivity index (χ2n) is 6.84. The molecule has 2 aromatic carbocycles. The third-order valence-electron chi connectivity index (χ3n) is 4.52. The quantitative estimate of drug-likeness (QED) is 0.763. The fraction of sp³-hybridized carbons (Fsp3) is 0.286. The van der Waals surface area contributed by atoms with E-state index in [-0.39, 0.29) is 30.7 Å². The normalized spacial score (nSPS) is 13.2. The molecule has 1 aliphatic heterocycles. The standard InChI is InChI=1S/C21H23N3O3/c1-23(2)14-16-8-4-3-7-15(16)13-22-19(25)11-12-24-20(26)17-9-5-6-10-18(17)21(24)27/h3-10H,11-14H2,1-2H3,(H,22,25). The number of amides is 3. The lowest BCUT2D eigenvalue weighted by Gasteiger charge is -2.16. The molecule has 6 nitrogen and oxygen atoms in total. The van der Waals surface area contributed by atoms with Crippen LogP contribution in [0.1, 0.15) is 38.3 Å². The molecule has 2 aromatic rings. The SMILES string of the molecule is CN(C)Cc1ccccc1CNC(=O)CCN1C(=O)c2ccccc2C1=O. The molecule has 1 aliphatic rings. The molecule has 140 valence electrons. The van der Waals surface area contributed by atoms with Gasteiger partial charge in [-0.3, -0.25) is 19.3 Å². The highest BCUT2D eigenvalue weighted by Gasteiger charge is 2.34. The molecule has 0 radical (unpaired) electrons. The van der Waals surface area contributed by atoms with E-state index in [1.54, 1.807) is 24.3 Å². The first kappa shape index (κ1) is 18.8. The highest BCUT2D eigenvalue weighted by Crippen LogP contribution is 2.22. The number of hydrogen-bond acceptors (Lipinski definition) is 4. The third kappa shape index (κ3) is 4.23. The van der Waals surface area contributed by atoms with Crippen molar-refractivity contribution in [2.75, 3.05) is 20.6 Å². The lowest BCUT2D eigenvalue weighted by molar-refractivity contribution is -0.121. The number of nitrogens with one attached hydrogen (secondary N) is 1. The van der Waals surface area contributed by atoms with Crippen molar-refractivity contribution in [2.45, 2.75) is 19.5 Å². The number of rotatable bonds is 7. The average molecular weight is 365 g/mol. The molecule has 27 heavy (non-hydrogen) atoms. The Labute approximate surface area is 158 Å². The Bertz CT molecular complexity index is 841. The van der Waals surface area contributed by atoms with Gasteiger partial charge in [0.25, 0.3) is 11.8 Å². The van der Waals surface area contributed by atoms with Crippen LogP contribution in [-0.2, 0) is 17.9 Å². The molecule has 0 aromatic heterocycles. The first-order chi connectivity index (χ1) is 13.0. The van der Waals surface area contributed by atoms with Crippen LogP contribution in [0.3, 0.4) is 0 Å². The number of imide groups is 1. The van der Waals surface area contributed by atoms with Crippen LogP contribution in [0.15, 0.2) is 48.5 Å². The largest absolute Gasteiger partial charge is 0.352 e. The summed E-state index contributed by atoms with van der Waals surface area (Å²) in [6, 6.07) is 14.7. The number of fused-ring (bicyclic) bond motifs is 1. The summed E-state index contributed by atoms with van der Waals surface area (Å²) >= 11 is 0. The number of hydrogen-bond donors (Lipinski definition) is 1. The Morgan fingerprint density at radius 1 is 0.926 bits per heavy atom. The zero-order valence-corrected chi connectivity index (χ0v) is 15.6. The van der Waals surface area contributed by atoms with E-state index < -0.39 is 0 Å². The van der Waals surface area contributed by atoms with Crippen LogP contribution in [0.5, 0.6) is 0 Å². The van der Waals surface area contributed by atoms with Gasteiger partial charge in [-0.2, -0.15) is 0 Å². The molecule has 3 rings (SSSR count). The van der Waals surface area contributed by atoms with E-state index in [9.17, 15) is 14.4 Å². The highest BCUT2D eigenvalue weighted by molar-refractivity contribution is 6.21. The molecule has 3 amide bonds. The lowest BCUT2D eigenvalue weighted by Crippen LogP contribution is -2.34. The van der Waals surface area contributed by atoms with Gasteiger partial charge in [0.1, 0.15) is 0 Å². The van der Waals surface area contributed by atoms with E-state index in [0.717, 1.165) is 22.6 Å². The first-order valence-corrected chi connectivity index (χ1v) is 8.91. The van der Waals surface area contributed by atoms with Gasteiger partial charge in [-0.05, 0) is 37.4 Å². The van der Waals surface area contributed by atoms with Crippen LogP contribution < -0.4 is 5.32 Å². The Morgan fingerprint density at radius 3 is 2.07 bits per heavy atom. The van der Waals surface area contributed by atoms with Crippen molar-refractivity contribution in [1.82, 2.24) is 15.1 Å². The van der Waals surface area contributed by atoms with Crippen LogP contribution in [0, 0.1) is 0 Å². The van der Waals surface area contributed by atoms with Crippen LogP contribution in [-0.4, -0.2) is 48.2 Å². The van der Waals surface area contributed by atoms with Crippen LogP contribution >= 0.6 is 0 Å². The summed E-state index contributed by atoms with van der Waals surface area (Å²) < 4.78 is 0. The van der Waals surface area contributed by atoms with Crippen molar-refractivity contribution < 1.29 is 14.4 Å². The van der Waals surface area contributed by atoms with Gasteiger partial charge in [-0.15, -0.1) is 0 Å². The molecule has 0 saturated heterocycles. The van der Waals surface area contributed by atoms with E-state index in [4.69, 9.17) is 0 Å². The number of benzene rings is 2. The van der Waals surface area contributed by atoms with Crippen molar-refractivity contribution in [2.24, 2.45) is 0 Å². The van der Waals surface area contributed by atoms with Crippen molar-refractivity contribution >= 4 is 17.7 Å². The third-order valence-corrected chi connectivity index (χ3v) is 4.52. The van der Waals surface area contributed by atoms with Crippen molar-refractivity contribution in [3.63, 3.8) is 0 Å². The first-order valence-electron chi connectivity index (χ1n) is 8.91. The maximum Gasteiger partial charge on any atom is 0.261 e. The minimum absolute atomic E-state index is 0.0809. The van der Waals surface area contributed by atoms with Gasteiger partial charge in [0, 0.05) is 26.1 Å². The van der Waals surface area contributed by atoms with Gasteiger partial charge in [-0.1, -0.05) is 36.4 Å². The number of nitrogens with zero attached hydrogens (tertiary/aromatic N) is 2. The van der Waals surface area contributed by atoms with Crippen LogP contribution in [0.25, 0.3) is 0 Å². The molecule has 0 saturated carbocycles. The smallest absolute Gasteiger partial charge is 0.261 e. The van der Waals surface area contributed by atoms with Crippen molar-refractivity contribution in [3.05, 3.63) is 70.8 Å². The molecule has 0 aliphatic carbocycles. The maximum absolute atomic E-state index is 12.3. The van der Waals surface area contributed by atoms with Gasteiger partial charge in [-0.25, -0.2) is 0 Å². The average Bonchev–Trinajstić information content (AvgIpc) is 2.90. The molecule has 0 fully saturated rings. The van der Waals surface area contributed by atoms with E-state index in [2.05, 4.69) is 10.2 Å².